The maximum absolute atomic E-state index is 3.35. The van der Waals surface area contributed by atoms with E-state index in [1.165, 1.54) is 23.2 Å². The van der Waals surface area contributed by atoms with Crippen LogP contribution in [0, 0.1) is 12.2 Å². The van der Waals surface area contributed by atoms with E-state index in [0.29, 0.717) is 0 Å². The molecule has 0 aliphatic heterocycles. The molecule has 0 atom stereocenters. The molecular weight excluding hydrogens is 489 g/mol. The molecule has 5 heteroatoms. The summed E-state index contributed by atoms with van der Waals surface area (Å²) in [4.78, 5) is 0. The number of rotatable bonds is 4. The molecule has 0 nitrogen and oxygen atoms in total. The first-order chi connectivity index (χ1) is 9.16. The average Bonchev–Trinajstić information content (AvgIpc) is 2.87. The summed E-state index contributed by atoms with van der Waals surface area (Å²) < 4.78 is 0. The Morgan fingerprint density at radius 2 is 1.04 bits per heavy atom. The maximum Gasteiger partial charge on any atom is 0.0456 e. The number of allylic oxidation sites excluding steroid dienone is 8. The second-order valence-electron chi connectivity index (χ2n) is 8.09. The van der Waals surface area contributed by atoms with Gasteiger partial charge in [-0.25, -0.2) is 23.3 Å². The van der Waals surface area contributed by atoms with Crippen LogP contribution in [0.5, 0.6) is 0 Å². The molecule has 0 aromatic rings. The van der Waals surface area contributed by atoms with Crippen molar-refractivity contribution < 1.29 is 35.3 Å². The second-order valence-corrected chi connectivity index (χ2v) is 19.0. The Morgan fingerprint density at radius 1 is 0.739 bits per heavy atom. The van der Waals surface area contributed by atoms with E-state index in [4.69, 9.17) is 0 Å². The summed E-state index contributed by atoms with van der Waals surface area (Å²) >= 11 is 0. The fourth-order valence-corrected chi connectivity index (χ4v) is 5.06. The third-order valence-corrected chi connectivity index (χ3v) is 5.86. The topological polar surface area (TPSA) is 0 Å². The largest absolute Gasteiger partial charge is 0.270 e. The fraction of sp³-hybridized carbons (Fsp3) is 0.556. The summed E-state index contributed by atoms with van der Waals surface area (Å²) in [6, 6.07) is 2.59. The Morgan fingerprint density at radius 3 is 1.22 bits per heavy atom. The van der Waals surface area contributed by atoms with Crippen molar-refractivity contribution in [3.63, 3.8) is 0 Å². The second kappa shape index (κ2) is 12.5. The molecule has 23 heavy (non-hydrogen) atoms. The smallest absolute Gasteiger partial charge is 0.0456 e. The number of hydrogen-bond acceptors (Lipinski definition) is 0. The van der Waals surface area contributed by atoms with Crippen LogP contribution in [0.3, 0.4) is 0 Å². The van der Waals surface area contributed by atoms with E-state index in [1.807, 2.05) is 0 Å². The van der Waals surface area contributed by atoms with Gasteiger partial charge in [0.15, 0.2) is 0 Å². The van der Waals surface area contributed by atoms with Gasteiger partial charge < -0.3 is 0 Å². The van der Waals surface area contributed by atoms with E-state index in [2.05, 4.69) is 75.7 Å². The summed E-state index contributed by atoms with van der Waals surface area (Å²) in [5.41, 5.74) is 2.89. The van der Waals surface area contributed by atoms with Crippen LogP contribution in [0.2, 0.25) is 51.4 Å². The molecule has 132 valence electrons. The molecule has 0 heterocycles. The Hall–Kier alpha value is 0.124. The Labute approximate surface area is 162 Å². The molecular formula is C18H32F2HfSi2-2. The minimum atomic E-state index is -0.873. The molecule has 0 unspecified atom stereocenters. The number of hydrogen-bond donors (Lipinski definition) is 0. The molecule has 0 aromatic heterocycles. The first-order valence-electron chi connectivity index (χ1n) is 7.68. The van der Waals surface area contributed by atoms with Crippen molar-refractivity contribution in [1.82, 2.24) is 0 Å². The van der Waals surface area contributed by atoms with Crippen molar-refractivity contribution in [2.24, 2.45) is 0 Å². The summed E-state index contributed by atoms with van der Waals surface area (Å²) in [5.74, 6) is 0. The zero-order chi connectivity index (χ0) is 15.2. The minimum Gasteiger partial charge on any atom is -0.270 e. The van der Waals surface area contributed by atoms with Gasteiger partial charge in [-0.3, -0.25) is 21.6 Å². The summed E-state index contributed by atoms with van der Waals surface area (Å²) in [7, 11) is -1.75. The normalized spacial score (nSPS) is 15.4. The molecule has 0 saturated heterocycles. The molecule has 0 fully saturated rings. The molecule has 0 saturated carbocycles. The first-order valence-corrected chi connectivity index (χ1v) is 15.1. The quantitative estimate of drug-likeness (QED) is 0.300. The molecule has 0 radical (unpaired) electrons. The minimum absolute atomic E-state index is 0. The van der Waals surface area contributed by atoms with Crippen molar-refractivity contribution in [2.75, 3.05) is 0 Å². The van der Waals surface area contributed by atoms with E-state index in [0.717, 1.165) is 12.8 Å². The van der Waals surface area contributed by atoms with Crippen molar-refractivity contribution in [1.29, 1.82) is 0 Å². The van der Waals surface area contributed by atoms with Crippen LogP contribution < -0.4 is 0 Å². The monoisotopic (exact) mass is 522 g/mol. The molecule has 2 aliphatic rings. The Bertz CT molecular complexity index is 397. The average molecular weight is 521 g/mol. The number of halogens is 2. The third-order valence-electron chi connectivity index (χ3n) is 2.97. The van der Waals surface area contributed by atoms with Crippen LogP contribution in [0.1, 0.15) is 12.8 Å². The van der Waals surface area contributed by atoms with Gasteiger partial charge in [-0.1, -0.05) is 51.4 Å². The van der Waals surface area contributed by atoms with Crippen LogP contribution >= 0.6 is 0 Å². The van der Waals surface area contributed by atoms with Gasteiger partial charge >= 0.3 is 0 Å². The van der Waals surface area contributed by atoms with Gasteiger partial charge in [-0.15, -0.1) is 12.8 Å². The van der Waals surface area contributed by atoms with Crippen molar-refractivity contribution in [3.05, 3.63) is 47.6 Å². The predicted octanol–water partition coefficient (Wildman–Crippen LogP) is 6.33. The van der Waals surface area contributed by atoms with Gasteiger partial charge in [-0.2, -0.15) is 12.2 Å². The predicted molar refractivity (Wildman–Crippen MR) is 102 cm³/mol. The van der Waals surface area contributed by atoms with Crippen molar-refractivity contribution >= 4 is 16.1 Å². The van der Waals surface area contributed by atoms with E-state index in [1.54, 1.807) is 0 Å². The maximum atomic E-state index is 3.35. The molecule has 0 spiro atoms. The van der Waals surface area contributed by atoms with Gasteiger partial charge in [0.2, 0.25) is 0 Å². The van der Waals surface area contributed by atoms with Gasteiger partial charge in [0.1, 0.15) is 0 Å². The Balaban J connectivity index is -0.000000308. The van der Waals surface area contributed by atoms with Crippen LogP contribution in [0.15, 0.2) is 35.5 Å². The molecule has 0 bridgehead atoms. The van der Waals surface area contributed by atoms with E-state index in [-0.39, 0.29) is 35.3 Å². The van der Waals surface area contributed by atoms with E-state index >= 15 is 0 Å². The van der Waals surface area contributed by atoms with Crippen LogP contribution in [-0.4, -0.2) is 16.1 Å². The van der Waals surface area contributed by atoms with Crippen molar-refractivity contribution in [3.8, 4) is 0 Å². The standard InChI is InChI=1S/2C9H15Si.2FH.Hf/c2*1-10(2,3)8-9-6-4-5-7-9;;;/h2*4,6H,5,8H2,1-3H3;2*1H;/q2*-1;;;. The van der Waals surface area contributed by atoms with Gasteiger partial charge in [-0.05, 0) is 0 Å². The zero-order valence-corrected chi connectivity index (χ0v) is 21.0. The fourth-order valence-electron chi connectivity index (χ4n) is 2.29. The van der Waals surface area contributed by atoms with Crippen LogP contribution in [0.4, 0.5) is 9.41 Å². The summed E-state index contributed by atoms with van der Waals surface area (Å²) in [5, 5.41) is 0. The molecule has 2 aliphatic carbocycles. The van der Waals surface area contributed by atoms with Crippen molar-refractivity contribution in [2.45, 2.75) is 64.2 Å². The SMILES string of the molecule is C[Si](C)(C)CC1=[C-]CC=C1.C[Si](C)(C)CC1=[C-]CC=C1.F.F.[Hf]. The van der Waals surface area contributed by atoms with Crippen LogP contribution in [-0.2, 0) is 25.8 Å². The Kier molecular flexibility index (Phi) is 15.2. The van der Waals surface area contributed by atoms with Gasteiger partial charge in [0.05, 0.1) is 0 Å². The van der Waals surface area contributed by atoms with E-state index < -0.39 is 16.1 Å². The first kappa shape index (κ1) is 27.9. The molecule has 2 rings (SSSR count). The van der Waals surface area contributed by atoms with Gasteiger partial charge in [0, 0.05) is 42.0 Å². The van der Waals surface area contributed by atoms with Gasteiger partial charge in [0.25, 0.3) is 0 Å². The molecule has 0 N–H and O–H groups in total. The zero-order valence-electron chi connectivity index (χ0n) is 15.5. The summed E-state index contributed by atoms with van der Waals surface area (Å²) in [6.07, 6.45) is 17.6. The summed E-state index contributed by atoms with van der Waals surface area (Å²) in [6.45, 7) is 14.4. The molecule has 0 aromatic carbocycles. The third kappa shape index (κ3) is 15.4. The van der Waals surface area contributed by atoms with Crippen LogP contribution in [0.25, 0.3) is 0 Å². The van der Waals surface area contributed by atoms with E-state index in [9.17, 15) is 0 Å². The molecule has 0 amide bonds.